The lowest BCUT2D eigenvalue weighted by molar-refractivity contribution is -0.133. The molecule has 1 amide bonds. The van der Waals surface area contributed by atoms with E-state index in [4.69, 9.17) is 9.26 Å². The van der Waals surface area contributed by atoms with Gasteiger partial charge in [-0.2, -0.15) is 4.98 Å². The summed E-state index contributed by atoms with van der Waals surface area (Å²) in [7, 11) is 1.62. The number of nitrogens with zero attached hydrogens (tertiary/aromatic N) is 3. The van der Waals surface area contributed by atoms with Crippen molar-refractivity contribution in [3.63, 3.8) is 0 Å². The molecule has 1 fully saturated rings. The molecule has 0 radical (unpaired) electrons. The predicted molar refractivity (Wildman–Crippen MR) is 89.5 cm³/mol. The Hall–Kier alpha value is -2.37. The van der Waals surface area contributed by atoms with E-state index in [-0.39, 0.29) is 12.3 Å². The van der Waals surface area contributed by atoms with Crippen molar-refractivity contribution in [2.24, 2.45) is 11.8 Å². The molecule has 1 aliphatic rings. The van der Waals surface area contributed by atoms with Crippen molar-refractivity contribution in [2.75, 3.05) is 20.2 Å². The summed E-state index contributed by atoms with van der Waals surface area (Å²) in [6.07, 6.45) is 1.33. The van der Waals surface area contributed by atoms with Gasteiger partial charge in [-0.3, -0.25) is 4.79 Å². The second kappa shape index (κ2) is 7.03. The van der Waals surface area contributed by atoms with Gasteiger partial charge in [0.2, 0.25) is 17.6 Å². The highest BCUT2D eigenvalue weighted by Gasteiger charge is 2.26. The van der Waals surface area contributed by atoms with Crippen LogP contribution >= 0.6 is 0 Å². The Kier molecular flexibility index (Phi) is 4.83. The molecule has 2 heterocycles. The van der Waals surface area contributed by atoms with Crippen LogP contribution < -0.4 is 4.74 Å². The van der Waals surface area contributed by atoms with Crippen molar-refractivity contribution in [2.45, 2.75) is 26.7 Å². The average molecular weight is 329 g/mol. The fourth-order valence-corrected chi connectivity index (χ4v) is 3.29. The van der Waals surface area contributed by atoms with E-state index in [0.717, 1.165) is 24.4 Å². The molecule has 0 spiro atoms. The van der Waals surface area contributed by atoms with Gasteiger partial charge in [-0.1, -0.05) is 19.0 Å². The maximum atomic E-state index is 12.5. The first-order chi connectivity index (χ1) is 11.5. The number of carbonyl (C=O) groups excluding carboxylic acids is 1. The number of hydrogen-bond donors (Lipinski definition) is 0. The molecule has 6 nitrogen and oxygen atoms in total. The number of methoxy groups -OCH3 is 1. The van der Waals surface area contributed by atoms with Crippen LogP contribution in [0, 0.1) is 11.8 Å². The first-order valence-electron chi connectivity index (χ1n) is 8.30. The van der Waals surface area contributed by atoms with Gasteiger partial charge in [0.05, 0.1) is 7.11 Å². The monoisotopic (exact) mass is 329 g/mol. The molecule has 0 bridgehead atoms. The molecule has 1 saturated heterocycles. The molecule has 3 rings (SSSR count). The van der Waals surface area contributed by atoms with Crippen LogP contribution in [-0.2, 0) is 11.2 Å². The van der Waals surface area contributed by atoms with E-state index >= 15 is 0 Å². The largest absolute Gasteiger partial charge is 0.497 e. The number of ether oxygens (including phenoxy) is 1. The Bertz CT molecular complexity index is 686. The number of carbonyl (C=O) groups is 1. The number of benzene rings is 1. The molecular formula is C18H23N3O3. The van der Waals surface area contributed by atoms with Crippen LogP contribution in [0.1, 0.15) is 26.2 Å². The first-order valence-corrected chi connectivity index (χ1v) is 8.30. The molecule has 1 aliphatic heterocycles. The fourth-order valence-electron chi connectivity index (χ4n) is 3.29. The summed E-state index contributed by atoms with van der Waals surface area (Å²) in [4.78, 5) is 18.7. The Morgan fingerprint density at radius 1 is 1.25 bits per heavy atom. The highest BCUT2D eigenvalue weighted by atomic mass is 16.5. The quantitative estimate of drug-likeness (QED) is 0.863. The molecule has 0 N–H and O–H groups in total. The third-order valence-corrected chi connectivity index (χ3v) is 4.34. The minimum absolute atomic E-state index is 0.0540. The molecule has 1 aromatic carbocycles. The Labute approximate surface area is 141 Å². The third kappa shape index (κ3) is 3.75. The lowest BCUT2D eigenvalue weighted by Gasteiger charge is -2.34. The summed E-state index contributed by atoms with van der Waals surface area (Å²) < 4.78 is 10.4. The van der Waals surface area contributed by atoms with E-state index in [1.165, 1.54) is 6.42 Å². The molecule has 1 aromatic heterocycles. The molecule has 2 aromatic rings. The Morgan fingerprint density at radius 3 is 2.54 bits per heavy atom. The standard InChI is InChI=1S/C18H23N3O3/c1-12-8-13(2)11-21(10-12)17(22)9-16-19-18(20-24-16)14-4-6-15(23-3)7-5-14/h4-7,12-13H,8-11H2,1-3H3. The van der Waals surface area contributed by atoms with Gasteiger partial charge in [-0.15, -0.1) is 0 Å². The maximum Gasteiger partial charge on any atom is 0.236 e. The number of piperidine rings is 1. The summed E-state index contributed by atoms with van der Waals surface area (Å²) in [5.41, 5.74) is 0.832. The minimum atomic E-state index is 0.0540. The van der Waals surface area contributed by atoms with Gasteiger partial charge in [-0.05, 0) is 42.5 Å². The van der Waals surface area contributed by atoms with E-state index in [1.54, 1.807) is 7.11 Å². The Balaban J connectivity index is 1.66. The number of amides is 1. The molecular weight excluding hydrogens is 306 g/mol. The zero-order chi connectivity index (χ0) is 17.1. The summed E-state index contributed by atoms with van der Waals surface area (Å²) in [6, 6.07) is 7.41. The van der Waals surface area contributed by atoms with Crippen LogP contribution in [0.25, 0.3) is 11.4 Å². The second-order valence-electron chi connectivity index (χ2n) is 6.66. The number of likely N-dealkylation sites (tertiary alicyclic amines) is 1. The Morgan fingerprint density at radius 2 is 1.92 bits per heavy atom. The zero-order valence-electron chi connectivity index (χ0n) is 14.4. The van der Waals surface area contributed by atoms with Gasteiger partial charge in [0.15, 0.2) is 0 Å². The predicted octanol–water partition coefficient (Wildman–Crippen LogP) is 2.79. The van der Waals surface area contributed by atoms with E-state index in [2.05, 4.69) is 24.0 Å². The summed E-state index contributed by atoms with van der Waals surface area (Å²) in [5, 5.41) is 3.97. The van der Waals surface area contributed by atoms with Crippen molar-refractivity contribution >= 4 is 5.91 Å². The van der Waals surface area contributed by atoms with Crippen LogP contribution in [0.15, 0.2) is 28.8 Å². The number of hydrogen-bond acceptors (Lipinski definition) is 5. The summed E-state index contributed by atoms with van der Waals surface area (Å²) in [5.74, 6) is 2.74. The summed E-state index contributed by atoms with van der Waals surface area (Å²) >= 11 is 0. The van der Waals surface area contributed by atoms with Crippen molar-refractivity contribution in [3.8, 4) is 17.1 Å². The molecule has 2 atom stereocenters. The lowest BCUT2D eigenvalue weighted by atomic mass is 9.92. The van der Waals surface area contributed by atoms with Crippen molar-refractivity contribution in [3.05, 3.63) is 30.2 Å². The van der Waals surface area contributed by atoms with E-state index in [9.17, 15) is 4.79 Å². The first kappa shape index (κ1) is 16.5. The van der Waals surface area contributed by atoms with Gasteiger partial charge in [0, 0.05) is 18.7 Å². The van der Waals surface area contributed by atoms with Crippen molar-refractivity contribution < 1.29 is 14.1 Å². The van der Waals surface area contributed by atoms with Gasteiger partial charge in [0.1, 0.15) is 12.2 Å². The molecule has 24 heavy (non-hydrogen) atoms. The normalized spacial score (nSPS) is 20.9. The second-order valence-corrected chi connectivity index (χ2v) is 6.66. The van der Waals surface area contributed by atoms with E-state index < -0.39 is 0 Å². The van der Waals surface area contributed by atoms with E-state index in [1.807, 2.05) is 29.2 Å². The van der Waals surface area contributed by atoms with Crippen LogP contribution in [0.3, 0.4) is 0 Å². The van der Waals surface area contributed by atoms with Gasteiger partial charge >= 0.3 is 0 Å². The molecule has 2 unspecified atom stereocenters. The number of aromatic nitrogens is 2. The lowest BCUT2D eigenvalue weighted by Crippen LogP contribution is -2.43. The minimum Gasteiger partial charge on any atom is -0.497 e. The molecule has 6 heteroatoms. The molecule has 0 aliphatic carbocycles. The van der Waals surface area contributed by atoms with Gasteiger partial charge in [-0.25, -0.2) is 0 Å². The average Bonchev–Trinajstić information content (AvgIpc) is 3.02. The fraction of sp³-hybridized carbons (Fsp3) is 0.500. The smallest absolute Gasteiger partial charge is 0.236 e. The highest BCUT2D eigenvalue weighted by molar-refractivity contribution is 5.78. The maximum absolute atomic E-state index is 12.5. The SMILES string of the molecule is COc1ccc(-c2noc(CC(=O)N3CC(C)CC(C)C3)n2)cc1. The van der Waals surface area contributed by atoms with Gasteiger partial charge in [0.25, 0.3) is 0 Å². The topological polar surface area (TPSA) is 68.5 Å². The van der Waals surface area contributed by atoms with Crippen LogP contribution in [0.4, 0.5) is 0 Å². The van der Waals surface area contributed by atoms with Crippen molar-refractivity contribution in [1.82, 2.24) is 15.0 Å². The highest BCUT2D eigenvalue weighted by Crippen LogP contribution is 2.22. The molecule has 128 valence electrons. The van der Waals surface area contributed by atoms with Crippen molar-refractivity contribution in [1.29, 1.82) is 0 Å². The van der Waals surface area contributed by atoms with Gasteiger partial charge < -0.3 is 14.2 Å². The summed E-state index contributed by atoms with van der Waals surface area (Å²) in [6.45, 7) is 5.99. The zero-order valence-corrected chi connectivity index (χ0v) is 14.4. The van der Waals surface area contributed by atoms with Crippen LogP contribution in [0.2, 0.25) is 0 Å². The van der Waals surface area contributed by atoms with E-state index in [0.29, 0.717) is 23.6 Å². The molecule has 0 saturated carbocycles. The van der Waals surface area contributed by atoms with Crippen LogP contribution in [-0.4, -0.2) is 41.1 Å². The number of rotatable bonds is 4. The van der Waals surface area contributed by atoms with Crippen LogP contribution in [0.5, 0.6) is 5.75 Å². The third-order valence-electron chi connectivity index (χ3n) is 4.34.